The Bertz CT molecular complexity index is 1310. The van der Waals surface area contributed by atoms with Gasteiger partial charge in [0.1, 0.15) is 0 Å². The van der Waals surface area contributed by atoms with Gasteiger partial charge in [0.25, 0.3) is 5.91 Å². The van der Waals surface area contributed by atoms with Crippen molar-refractivity contribution in [2.45, 2.75) is 6.10 Å². The molecule has 0 fully saturated rings. The number of hydrogen-bond acceptors (Lipinski definition) is 3. The van der Waals surface area contributed by atoms with E-state index in [0.29, 0.717) is 21.7 Å². The summed E-state index contributed by atoms with van der Waals surface area (Å²) < 4.78 is 19.2. The second-order valence-corrected chi connectivity index (χ2v) is 9.45. The maximum Gasteiger partial charge on any atom is 0.326 e. The van der Waals surface area contributed by atoms with Crippen LogP contribution < -0.4 is 5.32 Å². The van der Waals surface area contributed by atoms with Crippen LogP contribution in [0.5, 0.6) is 0 Å². The Balaban J connectivity index is 1.74. The van der Waals surface area contributed by atoms with E-state index in [4.69, 9.17) is 16.1 Å². The topological polar surface area (TPSA) is 80.6 Å². The highest BCUT2D eigenvalue weighted by atomic mass is 35.5. The molecule has 1 aromatic heterocycles. The monoisotopic (exact) mass is 442 g/mol. The number of hydrogen-bond donors (Lipinski definition) is 2. The predicted octanol–water partition coefficient (Wildman–Crippen LogP) is 5.50. The van der Waals surface area contributed by atoms with Gasteiger partial charge in [-0.3, -0.25) is 13.9 Å². The van der Waals surface area contributed by atoms with E-state index in [-0.39, 0.29) is 0 Å². The zero-order valence-electron chi connectivity index (χ0n) is 16.4. The van der Waals surface area contributed by atoms with Crippen LogP contribution >= 0.6 is 19.2 Å². The smallest absolute Gasteiger partial charge is 0.326 e. The quantitative estimate of drug-likeness (QED) is 0.400. The molecule has 0 saturated heterocycles. The van der Waals surface area contributed by atoms with Crippen molar-refractivity contribution in [3.8, 4) is 0 Å². The highest BCUT2D eigenvalue weighted by Crippen LogP contribution is 2.45. The predicted molar refractivity (Wildman–Crippen MR) is 120 cm³/mol. The molecule has 30 heavy (non-hydrogen) atoms. The van der Waals surface area contributed by atoms with Crippen LogP contribution in [0.4, 0.5) is 5.69 Å². The van der Waals surface area contributed by atoms with Gasteiger partial charge in [0.05, 0.1) is 0 Å². The van der Waals surface area contributed by atoms with E-state index in [1.807, 2.05) is 54.1 Å². The number of aryl methyl sites for hydroxylation is 1. The lowest BCUT2D eigenvalue weighted by atomic mass is 10.1. The summed E-state index contributed by atoms with van der Waals surface area (Å²) in [5, 5.41) is 5.98. The Morgan fingerprint density at radius 3 is 2.60 bits per heavy atom. The summed E-state index contributed by atoms with van der Waals surface area (Å²) in [7, 11) is -2.15. The summed E-state index contributed by atoms with van der Waals surface area (Å²) in [6.07, 6.45) is 0.417. The van der Waals surface area contributed by atoms with Crippen molar-refractivity contribution in [2.24, 2.45) is 7.05 Å². The van der Waals surface area contributed by atoms with Gasteiger partial charge in [0.2, 0.25) is 0 Å². The molecule has 1 amide bonds. The van der Waals surface area contributed by atoms with Crippen LogP contribution in [0.25, 0.3) is 21.7 Å². The largest absolute Gasteiger partial charge is 0.350 e. The Morgan fingerprint density at radius 1 is 1.13 bits per heavy atom. The molecular weight excluding hydrogens is 423 g/mol. The van der Waals surface area contributed by atoms with Crippen molar-refractivity contribution < 1.29 is 18.8 Å². The molecule has 4 rings (SSSR count). The van der Waals surface area contributed by atoms with Crippen LogP contribution in [-0.4, -0.2) is 22.0 Å². The number of carbonyl (C=O) groups is 1. The Hall–Kier alpha value is -2.63. The highest BCUT2D eigenvalue weighted by molar-refractivity contribution is 7.51. The molecule has 4 aromatic rings. The second-order valence-electron chi connectivity index (χ2n) is 7.20. The number of nitrogens with one attached hydrogen (secondary N) is 1. The Kier molecular flexibility index (Phi) is 5.43. The number of benzene rings is 3. The number of fused-ring (bicyclic) bond motifs is 2. The van der Waals surface area contributed by atoms with E-state index >= 15 is 0 Å². The van der Waals surface area contributed by atoms with Crippen LogP contribution in [0.15, 0.2) is 66.9 Å². The summed E-state index contributed by atoms with van der Waals surface area (Å²) in [4.78, 5) is 23.0. The average molecular weight is 443 g/mol. The van der Waals surface area contributed by atoms with Crippen molar-refractivity contribution in [3.05, 3.63) is 77.4 Å². The zero-order valence-corrected chi connectivity index (χ0v) is 18.0. The molecular formula is C22H20ClN2O4P. The van der Waals surface area contributed by atoms with Gasteiger partial charge in [-0.15, -0.1) is 0 Å². The summed E-state index contributed by atoms with van der Waals surface area (Å²) in [5.74, 6) is -0.547. The molecule has 0 saturated carbocycles. The molecule has 0 radical (unpaired) electrons. The van der Waals surface area contributed by atoms with Crippen LogP contribution in [0, 0.1) is 0 Å². The van der Waals surface area contributed by atoms with Crippen LogP contribution in [-0.2, 0) is 20.9 Å². The summed E-state index contributed by atoms with van der Waals surface area (Å²) >= 11 is 6.15. The van der Waals surface area contributed by atoms with Crippen LogP contribution in [0.2, 0.25) is 5.02 Å². The third-order valence-corrected chi connectivity index (χ3v) is 5.66. The van der Waals surface area contributed by atoms with Gasteiger partial charge < -0.3 is 14.8 Å². The highest BCUT2D eigenvalue weighted by Gasteiger charge is 2.31. The van der Waals surface area contributed by atoms with Gasteiger partial charge >= 0.3 is 7.60 Å². The van der Waals surface area contributed by atoms with E-state index in [1.165, 1.54) is 0 Å². The first-order valence-corrected chi connectivity index (χ1v) is 11.6. The lowest BCUT2D eigenvalue weighted by Crippen LogP contribution is -2.22. The number of rotatable bonds is 5. The molecule has 154 valence electrons. The molecule has 3 aromatic carbocycles. The number of anilines is 1. The van der Waals surface area contributed by atoms with Crippen molar-refractivity contribution in [1.82, 2.24) is 4.57 Å². The van der Waals surface area contributed by atoms with Crippen molar-refractivity contribution >= 4 is 52.5 Å². The molecule has 6 nitrogen and oxygen atoms in total. The minimum absolute atomic E-state index is 0.462. The number of halogens is 1. The first-order chi connectivity index (χ1) is 14.2. The molecule has 8 heteroatoms. The SMILES string of the molecule is Cn1cc(C(OP(C)(=O)O)C(=O)Nc2ccc3ccccc3c2)c2cc(Cl)ccc21. The summed E-state index contributed by atoms with van der Waals surface area (Å²) in [6.45, 7) is 1.06. The second kappa shape index (κ2) is 7.89. The molecule has 2 atom stereocenters. The Morgan fingerprint density at radius 2 is 1.87 bits per heavy atom. The fourth-order valence-electron chi connectivity index (χ4n) is 3.52. The van der Waals surface area contributed by atoms with Crippen LogP contribution in [0.1, 0.15) is 11.7 Å². The first kappa shape index (κ1) is 20.6. The fraction of sp³-hybridized carbons (Fsp3) is 0.136. The normalized spacial score (nSPS) is 14.5. The van der Waals surface area contributed by atoms with E-state index in [0.717, 1.165) is 23.0 Å². The van der Waals surface area contributed by atoms with Crippen molar-refractivity contribution in [2.75, 3.05) is 12.0 Å². The molecule has 0 aliphatic carbocycles. The average Bonchev–Trinajstić information content (AvgIpc) is 3.01. The molecule has 0 bridgehead atoms. The standard InChI is InChI=1S/C22H20ClN2O4P/c1-25-13-19(18-12-16(23)8-10-20(18)25)21(29-30(2,27)28)22(26)24-17-9-7-14-5-3-4-6-15(14)11-17/h3-13,21H,1-2H3,(H,24,26)(H,27,28). The molecule has 2 unspecified atom stereocenters. The van der Waals surface area contributed by atoms with E-state index in [2.05, 4.69) is 5.32 Å². The molecule has 1 heterocycles. The van der Waals surface area contributed by atoms with Crippen LogP contribution in [0.3, 0.4) is 0 Å². The third-order valence-electron chi connectivity index (χ3n) is 4.82. The summed E-state index contributed by atoms with van der Waals surface area (Å²) in [5.41, 5.74) is 1.85. The minimum atomic E-state index is -3.97. The molecule has 0 aliphatic rings. The van der Waals surface area contributed by atoms with Gasteiger partial charge in [-0.2, -0.15) is 0 Å². The first-order valence-electron chi connectivity index (χ1n) is 9.24. The maximum absolute atomic E-state index is 13.2. The van der Waals surface area contributed by atoms with Gasteiger partial charge in [-0.05, 0) is 41.1 Å². The zero-order chi connectivity index (χ0) is 21.5. The number of amides is 1. The van der Waals surface area contributed by atoms with Gasteiger partial charge in [-0.25, -0.2) is 0 Å². The van der Waals surface area contributed by atoms with Gasteiger partial charge in [0, 0.05) is 47.1 Å². The van der Waals surface area contributed by atoms with Gasteiger partial charge in [0.15, 0.2) is 6.10 Å². The van der Waals surface area contributed by atoms with Crippen molar-refractivity contribution in [1.29, 1.82) is 0 Å². The minimum Gasteiger partial charge on any atom is -0.350 e. The number of carbonyl (C=O) groups excluding carboxylic acids is 1. The lowest BCUT2D eigenvalue weighted by Gasteiger charge is -2.19. The maximum atomic E-state index is 13.2. The van der Waals surface area contributed by atoms with E-state index in [1.54, 1.807) is 24.4 Å². The fourth-order valence-corrected chi connectivity index (χ4v) is 4.29. The molecule has 0 spiro atoms. The lowest BCUT2D eigenvalue weighted by molar-refractivity contribution is -0.123. The number of aromatic nitrogens is 1. The van der Waals surface area contributed by atoms with E-state index in [9.17, 15) is 14.3 Å². The molecule has 2 N–H and O–H groups in total. The van der Waals surface area contributed by atoms with Crippen molar-refractivity contribution in [3.63, 3.8) is 0 Å². The Labute approximate surface area is 178 Å². The number of nitrogens with zero attached hydrogens (tertiary/aromatic N) is 1. The van der Waals surface area contributed by atoms with E-state index < -0.39 is 19.6 Å². The third kappa shape index (κ3) is 4.27. The van der Waals surface area contributed by atoms with Gasteiger partial charge in [-0.1, -0.05) is 41.9 Å². The summed E-state index contributed by atoms with van der Waals surface area (Å²) in [6, 6.07) is 18.6. The molecule has 0 aliphatic heterocycles.